The Morgan fingerprint density at radius 2 is 1.87 bits per heavy atom. The number of aliphatic hydroxyl groups excluding tert-OH is 1. The van der Waals surface area contributed by atoms with E-state index in [1.807, 2.05) is 0 Å². The van der Waals surface area contributed by atoms with Gasteiger partial charge in [-0.25, -0.2) is 0 Å². The fourth-order valence-corrected chi connectivity index (χ4v) is 1.83. The zero-order valence-electron chi connectivity index (χ0n) is 8.53. The summed E-state index contributed by atoms with van der Waals surface area (Å²) in [6, 6.07) is 1.02. The van der Waals surface area contributed by atoms with Crippen LogP contribution >= 0.6 is 15.9 Å². The Balaban J connectivity index is 3.32. The first-order chi connectivity index (χ1) is 6.86. The molecule has 5 N–H and O–H groups in total. The van der Waals surface area contributed by atoms with Crippen molar-refractivity contribution < 1.29 is 15.3 Å². The molecule has 0 radical (unpaired) electrons. The summed E-state index contributed by atoms with van der Waals surface area (Å²) in [6.07, 6.45) is -0.958. The molecule has 0 aliphatic carbocycles. The second kappa shape index (κ2) is 4.38. The van der Waals surface area contributed by atoms with E-state index in [9.17, 15) is 15.3 Å². The van der Waals surface area contributed by atoms with Crippen LogP contribution in [0.15, 0.2) is 10.5 Å². The molecule has 84 valence electrons. The van der Waals surface area contributed by atoms with E-state index >= 15 is 0 Å². The maximum Gasteiger partial charge on any atom is 0.139 e. The van der Waals surface area contributed by atoms with Gasteiger partial charge in [0.2, 0.25) is 0 Å². The van der Waals surface area contributed by atoms with Gasteiger partial charge in [-0.3, -0.25) is 0 Å². The number of aliphatic hydroxyl groups is 1. The maximum atomic E-state index is 9.73. The summed E-state index contributed by atoms with van der Waals surface area (Å²) in [5.41, 5.74) is 6.41. The first-order valence-corrected chi connectivity index (χ1v) is 5.30. The van der Waals surface area contributed by atoms with Crippen LogP contribution in [0, 0.1) is 6.92 Å². The van der Waals surface area contributed by atoms with Gasteiger partial charge in [-0.2, -0.15) is 0 Å². The zero-order valence-corrected chi connectivity index (χ0v) is 10.1. The highest BCUT2D eigenvalue weighted by atomic mass is 79.9. The molecule has 1 rings (SSSR count). The summed E-state index contributed by atoms with van der Waals surface area (Å²) in [4.78, 5) is 0. The van der Waals surface area contributed by atoms with Crippen molar-refractivity contribution in [1.29, 1.82) is 0 Å². The van der Waals surface area contributed by atoms with Crippen LogP contribution in [-0.2, 0) is 0 Å². The molecule has 2 unspecified atom stereocenters. The summed E-state index contributed by atoms with van der Waals surface area (Å²) in [6.45, 7) is 3.32. The van der Waals surface area contributed by atoms with Crippen molar-refractivity contribution in [3.05, 3.63) is 21.7 Å². The number of nitrogens with two attached hydrogens (primary N) is 1. The molecular weight excluding hydrogens is 262 g/mol. The normalized spacial score (nSPS) is 15.0. The molecule has 0 amide bonds. The van der Waals surface area contributed by atoms with Gasteiger partial charge in [-0.1, -0.05) is 0 Å². The lowest BCUT2D eigenvalue weighted by atomic mass is 10.0. The molecule has 0 bridgehead atoms. The van der Waals surface area contributed by atoms with Crippen molar-refractivity contribution >= 4 is 15.9 Å². The topological polar surface area (TPSA) is 86.7 Å². The standard InChI is InChI=1S/C10H14BrNO3/c1-4-3-6(9(14)5(2)12)10(15)7(11)8(4)13/h3,5,9,13-15H,12H2,1-2H3. The molecule has 0 heterocycles. The van der Waals surface area contributed by atoms with Crippen molar-refractivity contribution in [2.24, 2.45) is 5.73 Å². The summed E-state index contributed by atoms with van der Waals surface area (Å²) in [5.74, 6) is -0.212. The maximum absolute atomic E-state index is 9.73. The van der Waals surface area contributed by atoms with Crippen molar-refractivity contribution in [3.8, 4) is 11.5 Å². The molecule has 0 spiro atoms. The number of benzene rings is 1. The Kier molecular flexibility index (Phi) is 3.59. The monoisotopic (exact) mass is 275 g/mol. The van der Waals surface area contributed by atoms with E-state index in [0.717, 1.165) is 0 Å². The number of aryl methyl sites for hydroxylation is 1. The largest absolute Gasteiger partial charge is 0.506 e. The fraction of sp³-hybridized carbons (Fsp3) is 0.400. The van der Waals surface area contributed by atoms with E-state index in [0.29, 0.717) is 11.1 Å². The lowest BCUT2D eigenvalue weighted by molar-refractivity contribution is 0.149. The molecule has 2 atom stereocenters. The minimum atomic E-state index is -0.958. The van der Waals surface area contributed by atoms with Crippen LogP contribution in [0.4, 0.5) is 0 Å². The van der Waals surface area contributed by atoms with Crippen molar-refractivity contribution in [2.75, 3.05) is 0 Å². The highest BCUT2D eigenvalue weighted by molar-refractivity contribution is 9.10. The quantitative estimate of drug-likeness (QED) is 0.660. The van der Waals surface area contributed by atoms with E-state index in [4.69, 9.17) is 5.73 Å². The van der Waals surface area contributed by atoms with Gasteiger partial charge in [0.15, 0.2) is 0 Å². The van der Waals surface area contributed by atoms with Crippen LogP contribution in [0.2, 0.25) is 0 Å². The van der Waals surface area contributed by atoms with Gasteiger partial charge in [-0.05, 0) is 41.4 Å². The van der Waals surface area contributed by atoms with Crippen LogP contribution in [0.5, 0.6) is 11.5 Å². The minimum Gasteiger partial charge on any atom is -0.506 e. The molecule has 1 aromatic rings. The third-order valence-electron chi connectivity index (χ3n) is 2.25. The van der Waals surface area contributed by atoms with Crippen LogP contribution in [0.25, 0.3) is 0 Å². The molecule has 0 aromatic heterocycles. The molecular formula is C10H14BrNO3. The summed E-state index contributed by atoms with van der Waals surface area (Å²) < 4.78 is 0.178. The van der Waals surface area contributed by atoms with E-state index < -0.39 is 12.1 Å². The first kappa shape index (κ1) is 12.3. The highest BCUT2D eigenvalue weighted by Gasteiger charge is 2.21. The van der Waals surface area contributed by atoms with Gasteiger partial charge in [0.1, 0.15) is 16.0 Å². The molecule has 1 aromatic carbocycles. The Hall–Kier alpha value is -0.780. The molecule has 0 aliphatic heterocycles. The summed E-state index contributed by atoms with van der Waals surface area (Å²) in [5, 5.41) is 28.9. The van der Waals surface area contributed by atoms with Crippen LogP contribution in [0.1, 0.15) is 24.2 Å². The Morgan fingerprint density at radius 1 is 1.33 bits per heavy atom. The molecule has 4 nitrogen and oxygen atoms in total. The van der Waals surface area contributed by atoms with E-state index in [-0.39, 0.29) is 16.0 Å². The SMILES string of the molecule is Cc1cc(C(O)C(C)N)c(O)c(Br)c1O. The molecule has 15 heavy (non-hydrogen) atoms. The molecule has 0 fully saturated rings. The van der Waals surface area contributed by atoms with E-state index in [1.54, 1.807) is 13.8 Å². The average Bonchev–Trinajstić information content (AvgIpc) is 2.19. The number of aromatic hydroxyl groups is 2. The van der Waals surface area contributed by atoms with Crippen molar-refractivity contribution in [2.45, 2.75) is 26.0 Å². The van der Waals surface area contributed by atoms with Gasteiger partial charge in [0, 0.05) is 11.6 Å². The Labute approximate surface area is 96.5 Å². The van der Waals surface area contributed by atoms with Gasteiger partial charge in [0.05, 0.1) is 6.10 Å². The van der Waals surface area contributed by atoms with Crippen LogP contribution in [0.3, 0.4) is 0 Å². The zero-order chi connectivity index (χ0) is 11.7. The molecule has 0 saturated heterocycles. The minimum absolute atomic E-state index is 0.0341. The van der Waals surface area contributed by atoms with E-state index in [1.165, 1.54) is 6.07 Å². The summed E-state index contributed by atoms with van der Waals surface area (Å²) >= 11 is 3.05. The van der Waals surface area contributed by atoms with Crippen LogP contribution in [-0.4, -0.2) is 21.4 Å². The van der Waals surface area contributed by atoms with E-state index in [2.05, 4.69) is 15.9 Å². The second-order valence-electron chi connectivity index (χ2n) is 3.60. The lowest BCUT2D eigenvalue weighted by Gasteiger charge is -2.18. The molecule has 5 heteroatoms. The average molecular weight is 276 g/mol. The van der Waals surface area contributed by atoms with Crippen molar-refractivity contribution in [1.82, 2.24) is 0 Å². The first-order valence-electron chi connectivity index (χ1n) is 4.50. The predicted octanol–water partition coefficient (Wildman–Crippen LogP) is 1.55. The highest BCUT2D eigenvalue weighted by Crippen LogP contribution is 2.41. The van der Waals surface area contributed by atoms with Crippen LogP contribution < -0.4 is 5.73 Å². The third kappa shape index (κ3) is 2.25. The fourth-order valence-electron chi connectivity index (χ4n) is 1.29. The smallest absolute Gasteiger partial charge is 0.139 e. The second-order valence-corrected chi connectivity index (χ2v) is 4.39. The van der Waals surface area contributed by atoms with Crippen molar-refractivity contribution in [3.63, 3.8) is 0 Å². The number of phenolic OH excluding ortho intramolecular Hbond substituents is 2. The number of halogens is 1. The molecule has 0 saturated carbocycles. The number of rotatable bonds is 2. The van der Waals surface area contributed by atoms with Gasteiger partial charge < -0.3 is 21.1 Å². The summed E-state index contributed by atoms with van der Waals surface area (Å²) in [7, 11) is 0. The lowest BCUT2D eigenvalue weighted by Crippen LogP contribution is -2.24. The number of hydrogen-bond acceptors (Lipinski definition) is 4. The number of phenols is 2. The Morgan fingerprint density at radius 3 is 2.33 bits per heavy atom. The predicted molar refractivity (Wildman–Crippen MR) is 60.8 cm³/mol. The Bertz CT molecular complexity index is 379. The van der Waals surface area contributed by atoms with Gasteiger partial charge >= 0.3 is 0 Å². The van der Waals surface area contributed by atoms with Gasteiger partial charge in [-0.15, -0.1) is 0 Å². The molecule has 0 aliphatic rings. The number of hydrogen-bond donors (Lipinski definition) is 4. The van der Waals surface area contributed by atoms with Gasteiger partial charge in [0.25, 0.3) is 0 Å². The third-order valence-corrected chi connectivity index (χ3v) is 3.00.